The molecular formula is C14H26N2O3. The molecule has 0 aromatic carbocycles. The van der Waals surface area contributed by atoms with E-state index < -0.39 is 5.97 Å². The van der Waals surface area contributed by atoms with Crippen molar-refractivity contribution in [2.24, 2.45) is 23.0 Å². The number of amides is 1. The van der Waals surface area contributed by atoms with Crippen LogP contribution in [0.15, 0.2) is 0 Å². The third kappa shape index (κ3) is 4.49. The SMILES string of the molecule is CC(C)(C)C(CC(=O)O)NC(=O)C1CCCC1CN. The number of rotatable bonds is 5. The zero-order chi connectivity index (χ0) is 14.6. The largest absolute Gasteiger partial charge is 0.481 e. The van der Waals surface area contributed by atoms with Crippen molar-refractivity contribution in [1.82, 2.24) is 5.32 Å². The van der Waals surface area contributed by atoms with E-state index in [4.69, 9.17) is 10.8 Å². The van der Waals surface area contributed by atoms with Crippen LogP contribution in [0.25, 0.3) is 0 Å². The molecule has 0 aromatic heterocycles. The second-order valence-electron chi connectivity index (χ2n) is 6.56. The van der Waals surface area contributed by atoms with Crippen LogP contribution < -0.4 is 11.1 Å². The molecule has 1 rings (SSSR count). The van der Waals surface area contributed by atoms with Crippen LogP contribution in [0.2, 0.25) is 0 Å². The number of aliphatic carboxylic acids is 1. The highest BCUT2D eigenvalue weighted by Crippen LogP contribution is 2.32. The van der Waals surface area contributed by atoms with Gasteiger partial charge >= 0.3 is 5.97 Å². The molecule has 4 N–H and O–H groups in total. The van der Waals surface area contributed by atoms with E-state index in [1.807, 2.05) is 20.8 Å². The molecule has 0 saturated heterocycles. The summed E-state index contributed by atoms with van der Waals surface area (Å²) in [6, 6.07) is -0.350. The number of hydrogen-bond donors (Lipinski definition) is 3. The Morgan fingerprint density at radius 2 is 2.00 bits per heavy atom. The van der Waals surface area contributed by atoms with E-state index in [9.17, 15) is 9.59 Å². The molecule has 1 saturated carbocycles. The summed E-state index contributed by atoms with van der Waals surface area (Å²) in [6.45, 7) is 6.35. The summed E-state index contributed by atoms with van der Waals surface area (Å²) in [4.78, 5) is 23.2. The second kappa shape index (κ2) is 6.37. The van der Waals surface area contributed by atoms with Crippen molar-refractivity contribution in [2.75, 3.05) is 6.54 Å². The van der Waals surface area contributed by atoms with Crippen molar-refractivity contribution in [3.63, 3.8) is 0 Å². The standard InChI is InChI=1S/C14H26N2O3/c1-14(2,3)11(7-12(17)18)16-13(19)10-6-4-5-9(10)8-15/h9-11H,4-8,15H2,1-3H3,(H,16,19)(H,17,18). The average molecular weight is 270 g/mol. The van der Waals surface area contributed by atoms with Crippen molar-refractivity contribution in [1.29, 1.82) is 0 Å². The zero-order valence-corrected chi connectivity index (χ0v) is 12.1. The van der Waals surface area contributed by atoms with Gasteiger partial charge in [-0.1, -0.05) is 27.2 Å². The Morgan fingerprint density at radius 3 is 2.47 bits per heavy atom. The Hall–Kier alpha value is -1.10. The van der Waals surface area contributed by atoms with Gasteiger partial charge in [0.2, 0.25) is 5.91 Å². The number of nitrogens with one attached hydrogen (secondary N) is 1. The van der Waals surface area contributed by atoms with E-state index in [2.05, 4.69) is 5.32 Å². The predicted octanol–water partition coefficient (Wildman–Crippen LogP) is 1.37. The van der Waals surface area contributed by atoms with E-state index >= 15 is 0 Å². The lowest BCUT2D eigenvalue weighted by molar-refractivity contribution is -0.138. The molecule has 3 unspecified atom stereocenters. The Kier molecular flexibility index (Phi) is 5.35. The van der Waals surface area contributed by atoms with Gasteiger partial charge in [-0.05, 0) is 30.7 Å². The molecule has 19 heavy (non-hydrogen) atoms. The summed E-state index contributed by atoms with van der Waals surface area (Å²) in [7, 11) is 0. The Morgan fingerprint density at radius 1 is 1.37 bits per heavy atom. The maximum Gasteiger partial charge on any atom is 0.305 e. The molecule has 1 aliphatic rings. The fraction of sp³-hybridized carbons (Fsp3) is 0.857. The number of carbonyl (C=O) groups excluding carboxylic acids is 1. The van der Waals surface area contributed by atoms with Crippen LogP contribution in [0.5, 0.6) is 0 Å². The van der Waals surface area contributed by atoms with Crippen molar-refractivity contribution in [2.45, 2.75) is 52.5 Å². The lowest BCUT2D eigenvalue weighted by Gasteiger charge is -2.32. The summed E-state index contributed by atoms with van der Waals surface area (Å²) in [5.41, 5.74) is 5.41. The topological polar surface area (TPSA) is 92.4 Å². The highest BCUT2D eigenvalue weighted by Gasteiger charge is 2.35. The quantitative estimate of drug-likeness (QED) is 0.703. The van der Waals surface area contributed by atoms with Gasteiger partial charge in [-0.15, -0.1) is 0 Å². The first kappa shape index (κ1) is 16.0. The molecule has 0 heterocycles. The lowest BCUT2D eigenvalue weighted by Crippen LogP contribution is -2.48. The fourth-order valence-electron chi connectivity index (χ4n) is 2.69. The minimum absolute atomic E-state index is 0.0332. The summed E-state index contributed by atoms with van der Waals surface area (Å²) in [5, 5.41) is 11.9. The Balaban J connectivity index is 2.68. The molecular weight excluding hydrogens is 244 g/mol. The number of carboxylic acids is 1. The molecule has 0 spiro atoms. The number of hydrogen-bond acceptors (Lipinski definition) is 3. The monoisotopic (exact) mass is 270 g/mol. The predicted molar refractivity (Wildman–Crippen MR) is 73.5 cm³/mol. The lowest BCUT2D eigenvalue weighted by atomic mass is 9.84. The van der Waals surface area contributed by atoms with Gasteiger partial charge in [0.15, 0.2) is 0 Å². The van der Waals surface area contributed by atoms with Gasteiger partial charge in [0, 0.05) is 12.0 Å². The summed E-state index contributed by atoms with van der Waals surface area (Å²) in [5.74, 6) is -0.731. The normalized spacial score (nSPS) is 25.1. The molecule has 3 atom stereocenters. The van der Waals surface area contributed by atoms with E-state index in [0.717, 1.165) is 19.3 Å². The van der Waals surface area contributed by atoms with E-state index in [1.165, 1.54) is 0 Å². The average Bonchev–Trinajstić information content (AvgIpc) is 2.74. The van der Waals surface area contributed by atoms with E-state index in [0.29, 0.717) is 6.54 Å². The van der Waals surface area contributed by atoms with Crippen LogP contribution in [0.4, 0.5) is 0 Å². The van der Waals surface area contributed by atoms with Crippen LogP contribution in [0, 0.1) is 17.3 Å². The number of carboxylic acid groups (broad SMARTS) is 1. The first-order valence-corrected chi connectivity index (χ1v) is 6.98. The molecule has 1 amide bonds. The molecule has 1 fully saturated rings. The molecule has 110 valence electrons. The molecule has 1 aliphatic carbocycles. The Labute approximate surface area is 114 Å². The van der Waals surface area contributed by atoms with Crippen LogP contribution in [-0.4, -0.2) is 29.6 Å². The zero-order valence-electron chi connectivity index (χ0n) is 12.1. The summed E-state index contributed by atoms with van der Waals surface area (Å²) in [6.07, 6.45) is 2.83. The van der Waals surface area contributed by atoms with Gasteiger partial charge < -0.3 is 16.2 Å². The summed E-state index contributed by atoms with van der Waals surface area (Å²) >= 11 is 0. The second-order valence-corrected chi connectivity index (χ2v) is 6.56. The van der Waals surface area contributed by atoms with E-state index in [1.54, 1.807) is 0 Å². The maximum absolute atomic E-state index is 12.3. The first-order valence-electron chi connectivity index (χ1n) is 6.98. The van der Waals surface area contributed by atoms with Gasteiger partial charge in [0.25, 0.3) is 0 Å². The van der Waals surface area contributed by atoms with Crippen molar-refractivity contribution in [3.8, 4) is 0 Å². The smallest absolute Gasteiger partial charge is 0.305 e. The van der Waals surface area contributed by atoms with Crippen LogP contribution >= 0.6 is 0 Å². The van der Waals surface area contributed by atoms with Gasteiger partial charge in [0.05, 0.1) is 6.42 Å². The molecule has 0 aliphatic heterocycles. The number of nitrogens with two attached hydrogens (primary N) is 1. The highest BCUT2D eigenvalue weighted by atomic mass is 16.4. The molecule has 5 heteroatoms. The van der Waals surface area contributed by atoms with Gasteiger partial charge in [0.1, 0.15) is 0 Å². The summed E-state index contributed by atoms with van der Waals surface area (Å²) < 4.78 is 0. The molecule has 0 radical (unpaired) electrons. The van der Waals surface area contributed by atoms with Gasteiger partial charge in [-0.2, -0.15) is 0 Å². The number of carbonyl (C=O) groups is 2. The highest BCUT2D eigenvalue weighted by molar-refractivity contribution is 5.80. The maximum atomic E-state index is 12.3. The molecule has 5 nitrogen and oxygen atoms in total. The van der Waals surface area contributed by atoms with Crippen molar-refractivity contribution < 1.29 is 14.7 Å². The van der Waals surface area contributed by atoms with Crippen molar-refractivity contribution >= 4 is 11.9 Å². The molecule has 0 aromatic rings. The van der Waals surface area contributed by atoms with Gasteiger partial charge in [-0.25, -0.2) is 0 Å². The van der Waals surface area contributed by atoms with Crippen LogP contribution in [0.3, 0.4) is 0 Å². The third-order valence-electron chi connectivity index (χ3n) is 4.04. The van der Waals surface area contributed by atoms with Gasteiger partial charge in [-0.3, -0.25) is 9.59 Å². The third-order valence-corrected chi connectivity index (χ3v) is 4.04. The first-order chi connectivity index (χ1) is 8.75. The van der Waals surface area contributed by atoms with Crippen LogP contribution in [0.1, 0.15) is 46.5 Å². The molecule has 0 bridgehead atoms. The fourth-order valence-corrected chi connectivity index (χ4v) is 2.69. The minimum atomic E-state index is -0.887. The van der Waals surface area contributed by atoms with Crippen molar-refractivity contribution in [3.05, 3.63) is 0 Å². The minimum Gasteiger partial charge on any atom is -0.481 e. The van der Waals surface area contributed by atoms with E-state index in [-0.39, 0.29) is 35.6 Å². The van der Waals surface area contributed by atoms with Crippen LogP contribution in [-0.2, 0) is 9.59 Å². The Bertz CT molecular complexity index is 336.